The first-order valence-electron chi connectivity index (χ1n) is 8.30. The first kappa shape index (κ1) is 23.2. The number of rotatable bonds is 4. The van der Waals surface area contributed by atoms with Crippen LogP contribution in [0.15, 0.2) is 48.5 Å². The Balaban J connectivity index is 0.000000292. The number of Topliss-reactive ketones (excluding diaryl/α,β-unsaturated/α-hetero) is 3. The Bertz CT molecular complexity index is 854. The molecule has 1 atom stereocenters. The Hall–Kier alpha value is -2.80. The first-order valence-corrected chi connectivity index (χ1v) is 8.30. The second-order valence-corrected chi connectivity index (χ2v) is 6.40. The molecule has 0 radical (unpaired) electrons. The fourth-order valence-corrected chi connectivity index (χ4v) is 2.16. The molecule has 2 aromatic rings. The second-order valence-electron chi connectivity index (χ2n) is 6.40. The molecule has 0 saturated heterocycles. The third kappa shape index (κ3) is 5.85. The van der Waals surface area contributed by atoms with E-state index in [-0.39, 0.29) is 28.5 Å². The zero-order valence-corrected chi connectivity index (χ0v) is 15.9. The number of ketones is 3. The van der Waals surface area contributed by atoms with E-state index in [0.29, 0.717) is 18.1 Å². The summed E-state index contributed by atoms with van der Waals surface area (Å²) in [6.07, 6.45) is -4.78. The molecule has 4 nitrogen and oxygen atoms in total. The van der Waals surface area contributed by atoms with Gasteiger partial charge in [0, 0.05) is 16.7 Å². The number of benzene rings is 2. The van der Waals surface area contributed by atoms with Gasteiger partial charge in [0.25, 0.3) is 0 Å². The number of carbonyl (C=O) groups excluding carboxylic acids is 3. The van der Waals surface area contributed by atoms with E-state index in [1.165, 1.54) is 32.9 Å². The van der Waals surface area contributed by atoms with Crippen LogP contribution < -0.4 is 0 Å². The van der Waals surface area contributed by atoms with Gasteiger partial charge in [-0.25, -0.2) is 0 Å². The van der Waals surface area contributed by atoms with Gasteiger partial charge in [-0.2, -0.15) is 13.2 Å². The van der Waals surface area contributed by atoms with E-state index >= 15 is 0 Å². The SMILES string of the molecule is CC(=O)c1cccc(C(C)(O)C(F)(F)F)c1.CC(=O)c1cccc(C(C)=O)c1. The standard InChI is InChI=1S/C11H11F3O2.C10H10O2/c1-7(15)8-4-3-5-9(6-8)10(2,16)11(12,13)14;1-7(11)9-4-3-5-10(6-9)8(2)12/h3-6,16H,1-2H3;3-6H,1-2H3. The summed E-state index contributed by atoms with van der Waals surface area (Å²) in [4.78, 5) is 32.8. The molecule has 2 aromatic carbocycles. The van der Waals surface area contributed by atoms with Gasteiger partial charge in [0.15, 0.2) is 23.0 Å². The second kappa shape index (κ2) is 8.93. The summed E-state index contributed by atoms with van der Waals surface area (Å²) in [7, 11) is 0. The predicted molar refractivity (Wildman–Crippen MR) is 98.5 cm³/mol. The van der Waals surface area contributed by atoms with Crippen LogP contribution in [0.2, 0.25) is 0 Å². The van der Waals surface area contributed by atoms with Gasteiger partial charge >= 0.3 is 6.18 Å². The van der Waals surface area contributed by atoms with Crippen molar-refractivity contribution in [3.63, 3.8) is 0 Å². The summed E-state index contributed by atoms with van der Waals surface area (Å²) in [5, 5.41) is 9.39. The van der Waals surface area contributed by atoms with Gasteiger partial charge in [-0.3, -0.25) is 14.4 Å². The summed E-state index contributed by atoms with van der Waals surface area (Å²) >= 11 is 0. The Labute approximate surface area is 161 Å². The molecule has 0 spiro atoms. The van der Waals surface area contributed by atoms with Gasteiger partial charge in [0.05, 0.1) is 0 Å². The van der Waals surface area contributed by atoms with Crippen molar-refractivity contribution in [3.05, 3.63) is 70.8 Å². The zero-order chi connectivity index (χ0) is 21.7. The predicted octanol–water partition coefficient (Wildman–Crippen LogP) is 4.75. The van der Waals surface area contributed by atoms with Gasteiger partial charge in [0.2, 0.25) is 0 Å². The minimum absolute atomic E-state index is 0.0156. The average molecular weight is 394 g/mol. The fourth-order valence-electron chi connectivity index (χ4n) is 2.16. The molecule has 0 aliphatic heterocycles. The maximum absolute atomic E-state index is 12.5. The average Bonchev–Trinajstić information content (AvgIpc) is 2.61. The van der Waals surface area contributed by atoms with Crippen LogP contribution in [-0.2, 0) is 5.60 Å². The molecule has 7 heteroatoms. The minimum Gasteiger partial charge on any atom is -0.376 e. The third-order valence-corrected chi connectivity index (χ3v) is 4.06. The Morgan fingerprint density at radius 1 is 0.750 bits per heavy atom. The lowest BCUT2D eigenvalue weighted by Crippen LogP contribution is -2.39. The lowest BCUT2D eigenvalue weighted by atomic mass is 9.93. The van der Waals surface area contributed by atoms with Crippen molar-refractivity contribution in [2.24, 2.45) is 0 Å². The molecule has 1 N–H and O–H groups in total. The highest BCUT2D eigenvalue weighted by molar-refractivity contribution is 5.99. The fraction of sp³-hybridized carbons (Fsp3) is 0.286. The lowest BCUT2D eigenvalue weighted by Gasteiger charge is -2.26. The molecular weight excluding hydrogens is 373 g/mol. The lowest BCUT2D eigenvalue weighted by molar-refractivity contribution is -0.258. The van der Waals surface area contributed by atoms with Crippen molar-refractivity contribution in [3.8, 4) is 0 Å². The number of hydrogen-bond donors (Lipinski definition) is 1. The van der Waals surface area contributed by atoms with Gasteiger partial charge in [-0.15, -0.1) is 0 Å². The van der Waals surface area contributed by atoms with E-state index in [0.717, 1.165) is 12.1 Å². The zero-order valence-electron chi connectivity index (χ0n) is 15.9. The Morgan fingerprint density at radius 3 is 1.46 bits per heavy atom. The van der Waals surface area contributed by atoms with Crippen molar-refractivity contribution < 1.29 is 32.7 Å². The van der Waals surface area contributed by atoms with E-state index in [2.05, 4.69) is 0 Å². The summed E-state index contributed by atoms with van der Waals surface area (Å²) in [5.41, 5.74) is -1.97. The van der Waals surface area contributed by atoms with E-state index in [1.807, 2.05) is 0 Å². The van der Waals surface area contributed by atoms with Crippen LogP contribution in [0.4, 0.5) is 13.2 Å². The molecule has 0 saturated carbocycles. The van der Waals surface area contributed by atoms with Gasteiger partial charge < -0.3 is 5.11 Å². The molecule has 0 heterocycles. The van der Waals surface area contributed by atoms with Crippen LogP contribution >= 0.6 is 0 Å². The summed E-state index contributed by atoms with van der Waals surface area (Å²) < 4.78 is 37.6. The highest BCUT2D eigenvalue weighted by Gasteiger charge is 2.51. The number of alkyl halides is 3. The molecular formula is C21H21F3O4. The molecule has 0 aliphatic carbocycles. The normalized spacial score (nSPS) is 13.0. The Morgan fingerprint density at radius 2 is 1.11 bits per heavy atom. The molecule has 0 aliphatic rings. The maximum Gasteiger partial charge on any atom is 0.421 e. The summed E-state index contributed by atoms with van der Waals surface area (Å²) in [6.45, 7) is 4.88. The molecule has 0 amide bonds. The molecule has 0 aromatic heterocycles. The molecule has 28 heavy (non-hydrogen) atoms. The smallest absolute Gasteiger partial charge is 0.376 e. The summed E-state index contributed by atoms with van der Waals surface area (Å²) in [6, 6.07) is 11.6. The number of halogens is 3. The topological polar surface area (TPSA) is 71.4 Å². The molecule has 150 valence electrons. The highest BCUT2D eigenvalue weighted by Crippen LogP contribution is 2.38. The van der Waals surface area contributed by atoms with Crippen molar-refractivity contribution >= 4 is 17.3 Å². The van der Waals surface area contributed by atoms with E-state index in [9.17, 15) is 32.7 Å². The van der Waals surface area contributed by atoms with Crippen LogP contribution in [0, 0.1) is 0 Å². The molecule has 0 bridgehead atoms. The van der Waals surface area contributed by atoms with Crippen molar-refractivity contribution in [2.45, 2.75) is 39.5 Å². The number of hydrogen-bond acceptors (Lipinski definition) is 4. The van der Waals surface area contributed by atoms with Crippen LogP contribution in [0.25, 0.3) is 0 Å². The van der Waals surface area contributed by atoms with E-state index in [1.54, 1.807) is 24.3 Å². The van der Waals surface area contributed by atoms with Crippen molar-refractivity contribution in [2.75, 3.05) is 0 Å². The van der Waals surface area contributed by atoms with Crippen LogP contribution in [-0.4, -0.2) is 28.6 Å². The van der Waals surface area contributed by atoms with Gasteiger partial charge in [-0.1, -0.05) is 36.4 Å². The highest BCUT2D eigenvalue weighted by atomic mass is 19.4. The van der Waals surface area contributed by atoms with Crippen LogP contribution in [0.5, 0.6) is 0 Å². The maximum atomic E-state index is 12.5. The van der Waals surface area contributed by atoms with Crippen LogP contribution in [0.3, 0.4) is 0 Å². The summed E-state index contributed by atoms with van der Waals surface area (Å²) in [5.74, 6) is -0.379. The number of carbonyl (C=O) groups is 3. The van der Waals surface area contributed by atoms with Crippen molar-refractivity contribution in [1.29, 1.82) is 0 Å². The van der Waals surface area contributed by atoms with E-state index < -0.39 is 11.8 Å². The largest absolute Gasteiger partial charge is 0.421 e. The first-order chi connectivity index (χ1) is 12.8. The quantitative estimate of drug-likeness (QED) is 0.760. The van der Waals surface area contributed by atoms with E-state index in [4.69, 9.17) is 0 Å². The van der Waals surface area contributed by atoms with Crippen LogP contribution in [0.1, 0.15) is 64.3 Å². The number of aliphatic hydroxyl groups is 1. The third-order valence-electron chi connectivity index (χ3n) is 4.06. The minimum atomic E-state index is -4.78. The molecule has 1 unspecified atom stereocenters. The molecule has 2 rings (SSSR count). The van der Waals surface area contributed by atoms with Crippen molar-refractivity contribution in [1.82, 2.24) is 0 Å². The monoisotopic (exact) mass is 394 g/mol. The Kier molecular flexibility index (Phi) is 7.41. The van der Waals surface area contributed by atoms with Gasteiger partial charge in [0.1, 0.15) is 0 Å². The van der Waals surface area contributed by atoms with Gasteiger partial charge in [-0.05, 0) is 45.4 Å². The molecule has 0 fully saturated rings.